The number of nitrogens with zero attached hydrogens (tertiary/aromatic N) is 2. The zero-order valence-electron chi connectivity index (χ0n) is 17.8. The van der Waals surface area contributed by atoms with Crippen molar-refractivity contribution in [2.24, 2.45) is 5.92 Å². The van der Waals surface area contributed by atoms with Gasteiger partial charge >= 0.3 is 0 Å². The van der Waals surface area contributed by atoms with Gasteiger partial charge in [-0.3, -0.25) is 9.59 Å². The number of H-pyrrole nitrogens is 1. The lowest BCUT2D eigenvalue weighted by Gasteiger charge is -2.27. The number of amides is 1. The summed E-state index contributed by atoms with van der Waals surface area (Å²) < 4.78 is 32.7. The molecule has 1 saturated heterocycles. The second kappa shape index (κ2) is 8.87. The molecule has 1 fully saturated rings. The highest BCUT2D eigenvalue weighted by molar-refractivity contribution is 7.89. The van der Waals surface area contributed by atoms with Crippen molar-refractivity contribution in [3.05, 3.63) is 40.2 Å². The summed E-state index contributed by atoms with van der Waals surface area (Å²) in [4.78, 5) is 29.7. The van der Waals surface area contributed by atoms with Crippen LogP contribution in [-0.4, -0.2) is 67.9 Å². The standard InChI is InChI=1S/C21H29N3O5S/c1-14(2)11-15(3)23(4)21(26)18-13-20(25)22-19-6-5-16(12-17(18)19)30(27,28)24-7-9-29-10-8-24/h5-6,12-15H,7-11H2,1-4H3,(H,22,25). The van der Waals surface area contributed by atoms with Crippen LogP contribution in [0, 0.1) is 5.92 Å². The molecular formula is C21H29N3O5S. The Bertz CT molecular complexity index is 1090. The van der Waals surface area contributed by atoms with Crippen LogP contribution >= 0.6 is 0 Å². The Kier molecular flexibility index (Phi) is 6.64. The maximum absolute atomic E-state index is 13.2. The first-order chi connectivity index (χ1) is 14.1. The molecule has 1 aromatic heterocycles. The van der Waals surface area contributed by atoms with Crippen LogP contribution in [0.1, 0.15) is 37.6 Å². The van der Waals surface area contributed by atoms with Gasteiger partial charge in [-0.05, 0) is 37.5 Å². The number of carbonyl (C=O) groups is 1. The van der Waals surface area contributed by atoms with Crippen LogP contribution in [0.25, 0.3) is 10.9 Å². The molecule has 0 saturated carbocycles. The number of morpholine rings is 1. The summed E-state index contributed by atoms with van der Waals surface area (Å²) in [7, 11) is -2.02. The monoisotopic (exact) mass is 435 g/mol. The number of aromatic amines is 1. The highest BCUT2D eigenvalue weighted by Crippen LogP contribution is 2.25. The van der Waals surface area contributed by atoms with Crippen molar-refractivity contribution in [1.29, 1.82) is 0 Å². The van der Waals surface area contributed by atoms with E-state index in [1.165, 1.54) is 22.5 Å². The molecule has 1 aliphatic rings. The molecule has 30 heavy (non-hydrogen) atoms. The highest BCUT2D eigenvalue weighted by atomic mass is 32.2. The van der Waals surface area contributed by atoms with Crippen molar-refractivity contribution in [3.63, 3.8) is 0 Å². The maximum Gasteiger partial charge on any atom is 0.254 e. The molecule has 0 aliphatic carbocycles. The smallest absolute Gasteiger partial charge is 0.254 e. The summed E-state index contributed by atoms with van der Waals surface area (Å²) in [6.45, 7) is 7.40. The number of pyridine rings is 1. The molecule has 2 aromatic rings. The number of hydrogen-bond acceptors (Lipinski definition) is 5. The number of fused-ring (bicyclic) bond motifs is 1. The number of benzene rings is 1. The minimum atomic E-state index is -3.72. The minimum Gasteiger partial charge on any atom is -0.379 e. The van der Waals surface area contributed by atoms with Gasteiger partial charge in [0.2, 0.25) is 15.6 Å². The summed E-state index contributed by atoms with van der Waals surface area (Å²) in [6.07, 6.45) is 0.819. The van der Waals surface area contributed by atoms with E-state index in [0.29, 0.717) is 30.0 Å². The van der Waals surface area contributed by atoms with Gasteiger partial charge < -0.3 is 14.6 Å². The van der Waals surface area contributed by atoms with Gasteiger partial charge in [-0.2, -0.15) is 4.31 Å². The van der Waals surface area contributed by atoms with E-state index >= 15 is 0 Å². The Labute approximate surface area is 176 Å². The lowest BCUT2D eigenvalue weighted by Crippen LogP contribution is -2.40. The Balaban J connectivity index is 2.05. The molecule has 9 heteroatoms. The molecule has 1 aromatic carbocycles. The van der Waals surface area contributed by atoms with E-state index in [2.05, 4.69) is 18.8 Å². The van der Waals surface area contributed by atoms with Gasteiger partial charge in [0.05, 0.1) is 23.7 Å². The maximum atomic E-state index is 13.2. The summed E-state index contributed by atoms with van der Waals surface area (Å²) in [5.74, 6) is 0.108. The van der Waals surface area contributed by atoms with Gasteiger partial charge in [0.1, 0.15) is 0 Å². The van der Waals surface area contributed by atoms with Gasteiger partial charge in [0.15, 0.2) is 0 Å². The first-order valence-electron chi connectivity index (χ1n) is 10.1. The average molecular weight is 436 g/mol. The van der Waals surface area contributed by atoms with Gasteiger partial charge in [0.25, 0.3) is 5.91 Å². The third-order valence-electron chi connectivity index (χ3n) is 5.45. The number of rotatable bonds is 6. The molecule has 0 radical (unpaired) electrons. The second-order valence-electron chi connectivity index (χ2n) is 8.17. The van der Waals surface area contributed by atoms with E-state index < -0.39 is 15.6 Å². The summed E-state index contributed by atoms with van der Waals surface area (Å²) >= 11 is 0. The van der Waals surface area contributed by atoms with Crippen LogP contribution in [-0.2, 0) is 14.8 Å². The molecule has 3 rings (SSSR count). The quantitative estimate of drug-likeness (QED) is 0.749. The molecule has 8 nitrogen and oxygen atoms in total. The predicted octanol–water partition coefficient (Wildman–Crippen LogP) is 2.06. The fraction of sp³-hybridized carbons (Fsp3) is 0.524. The third kappa shape index (κ3) is 4.58. The van der Waals surface area contributed by atoms with Crippen molar-refractivity contribution < 1.29 is 17.9 Å². The molecule has 1 N–H and O–H groups in total. The number of hydrogen-bond donors (Lipinski definition) is 1. The topological polar surface area (TPSA) is 99.8 Å². The summed E-state index contributed by atoms with van der Waals surface area (Å²) in [5.41, 5.74) is 0.224. The predicted molar refractivity (Wildman–Crippen MR) is 115 cm³/mol. The molecule has 2 heterocycles. The molecule has 1 aliphatic heterocycles. The van der Waals surface area contributed by atoms with E-state index in [-0.39, 0.29) is 35.5 Å². The molecule has 1 atom stereocenters. The molecule has 1 unspecified atom stereocenters. The summed E-state index contributed by atoms with van der Waals surface area (Å²) in [5, 5.41) is 0.414. The minimum absolute atomic E-state index is 0.0212. The van der Waals surface area contributed by atoms with E-state index in [0.717, 1.165) is 6.42 Å². The van der Waals surface area contributed by atoms with E-state index in [9.17, 15) is 18.0 Å². The molecule has 0 spiro atoms. The van der Waals surface area contributed by atoms with Crippen molar-refractivity contribution in [3.8, 4) is 0 Å². The van der Waals surface area contributed by atoms with Crippen LogP contribution in [0.3, 0.4) is 0 Å². The molecule has 1 amide bonds. The first-order valence-corrected chi connectivity index (χ1v) is 11.6. The van der Waals surface area contributed by atoms with Crippen LogP contribution in [0.15, 0.2) is 34.0 Å². The highest BCUT2D eigenvalue weighted by Gasteiger charge is 2.28. The third-order valence-corrected chi connectivity index (χ3v) is 7.34. The van der Waals surface area contributed by atoms with Gasteiger partial charge in [-0.25, -0.2) is 8.42 Å². The fourth-order valence-corrected chi connectivity index (χ4v) is 5.17. The molecule has 0 bridgehead atoms. The van der Waals surface area contributed by atoms with Crippen molar-refractivity contribution in [1.82, 2.24) is 14.2 Å². The number of sulfonamides is 1. The lowest BCUT2D eigenvalue weighted by molar-refractivity contribution is 0.0730. The Morgan fingerprint density at radius 1 is 1.20 bits per heavy atom. The Morgan fingerprint density at radius 2 is 1.87 bits per heavy atom. The average Bonchev–Trinajstić information content (AvgIpc) is 2.71. The normalized spacial score (nSPS) is 16.7. The van der Waals surface area contributed by atoms with Crippen LogP contribution in [0.4, 0.5) is 0 Å². The van der Waals surface area contributed by atoms with Crippen molar-refractivity contribution >= 4 is 26.8 Å². The first kappa shape index (κ1) is 22.5. The largest absolute Gasteiger partial charge is 0.379 e. The Hall–Kier alpha value is -2.23. The number of aromatic nitrogens is 1. The summed E-state index contributed by atoms with van der Waals surface area (Å²) in [6, 6.07) is 5.70. The lowest BCUT2D eigenvalue weighted by atomic mass is 10.0. The fourth-order valence-electron chi connectivity index (χ4n) is 3.74. The van der Waals surface area contributed by atoms with Gasteiger partial charge in [-0.1, -0.05) is 13.8 Å². The van der Waals surface area contributed by atoms with E-state index in [4.69, 9.17) is 4.74 Å². The van der Waals surface area contributed by atoms with Gasteiger partial charge in [0, 0.05) is 43.1 Å². The van der Waals surface area contributed by atoms with Crippen LogP contribution in [0.5, 0.6) is 0 Å². The van der Waals surface area contributed by atoms with Crippen LogP contribution in [0.2, 0.25) is 0 Å². The molecule has 164 valence electrons. The van der Waals surface area contributed by atoms with Crippen LogP contribution < -0.4 is 5.56 Å². The molecular weight excluding hydrogens is 406 g/mol. The van der Waals surface area contributed by atoms with E-state index in [1.54, 1.807) is 18.0 Å². The number of nitrogens with one attached hydrogen (secondary N) is 1. The van der Waals surface area contributed by atoms with Crippen molar-refractivity contribution in [2.45, 2.75) is 38.1 Å². The van der Waals surface area contributed by atoms with E-state index in [1.807, 2.05) is 6.92 Å². The zero-order valence-corrected chi connectivity index (χ0v) is 18.7. The van der Waals surface area contributed by atoms with Crippen molar-refractivity contribution in [2.75, 3.05) is 33.4 Å². The number of carbonyl (C=O) groups excluding carboxylic acids is 1. The number of ether oxygens (including phenoxy) is 1. The zero-order chi connectivity index (χ0) is 22.1. The second-order valence-corrected chi connectivity index (χ2v) is 10.1. The van der Waals surface area contributed by atoms with Gasteiger partial charge in [-0.15, -0.1) is 0 Å². The Morgan fingerprint density at radius 3 is 2.50 bits per heavy atom. The SMILES string of the molecule is CC(C)CC(C)N(C)C(=O)c1cc(=O)[nH]c2ccc(S(=O)(=O)N3CCOCC3)cc12.